The van der Waals surface area contributed by atoms with Crippen molar-refractivity contribution in [3.63, 3.8) is 0 Å². The Morgan fingerprint density at radius 2 is 2.38 bits per heavy atom. The van der Waals surface area contributed by atoms with Crippen molar-refractivity contribution in [2.45, 2.75) is 25.8 Å². The van der Waals surface area contributed by atoms with Gasteiger partial charge in [-0.05, 0) is 18.4 Å². The molecule has 0 aromatic carbocycles. The highest BCUT2D eigenvalue weighted by Crippen LogP contribution is 2.29. The van der Waals surface area contributed by atoms with Crippen LogP contribution in [0, 0.1) is 6.92 Å². The number of aromatic nitrogens is 2. The molecule has 0 saturated carbocycles. The summed E-state index contributed by atoms with van der Waals surface area (Å²) in [6, 6.07) is 3.65. The Morgan fingerprint density at radius 3 is 3.05 bits per heavy atom. The van der Waals surface area contributed by atoms with Gasteiger partial charge in [0.15, 0.2) is 0 Å². The van der Waals surface area contributed by atoms with Gasteiger partial charge in [0.25, 0.3) is 0 Å². The van der Waals surface area contributed by atoms with Crippen LogP contribution in [0.4, 0.5) is 0 Å². The van der Waals surface area contributed by atoms with Gasteiger partial charge in [-0.3, -0.25) is 4.79 Å². The lowest BCUT2D eigenvalue weighted by Crippen LogP contribution is -2.45. The van der Waals surface area contributed by atoms with E-state index < -0.39 is 0 Å². The van der Waals surface area contributed by atoms with E-state index in [9.17, 15) is 4.79 Å². The van der Waals surface area contributed by atoms with Crippen molar-refractivity contribution in [1.29, 1.82) is 0 Å². The van der Waals surface area contributed by atoms with E-state index >= 15 is 0 Å². The predicted molar refractivity (Wildman–Crippen MR) is 77.0 cm³/mol. The van der Waals surface area contributed by atoms with Crippen LogP contribution >= 0.6 is 11.3 Å². The van der Waals surface area contributed by atoms with Gasteiger partial charge in [0.2, 0.25) is 17.7 Å². The lowest BCUT2D eigenvalue weighted by molar-refractivity contribution is -0.142. The molecule has 1 aliphatic rings. The summed E-state index contributed by atoms with van der Waals surface area (Å²) in [5.74, 6) is 0.837. The van der Waals surface area contributed by atoms with Crippen molar-refractivity contribution in [2.75, 3.05) is 19.8 Å². The quantitative estimate of drug-likeness (QED) is 0.869. The molecule has 1 aliphatic heterocycles. The van der Waals surface area contributed by atoms with E-state index in [1.807, 2.05) is 24.4 Å². The van der Waals surface area contributed by atoms with Crippen LogP contribution in [0.5, 0.6) is 0 Å². The Kier molecular flexibility index (Phi) is 4.03. The highest BCUT2D eigenvalue weighted by molar-refractivity contribution is 7.10. The van der Waals surface area contributed by atoms with Gasteiger partial charge in [-0.1, -0.05) is 6.07 Å². The van der Waals surface area contributed by atoms with Gasteiger partial charge >= 0.3 is 0 Å². The zero-order valence-electron chi connectivity index (χ0n) is 12.0. The fourth-order valence-corrected chi connectivity index (χ4v) is 3.20. The molecule has 3 heterocycles. The van der Waals surface area contributed by atoms with Crippen LogP contribution in [0.15, 0.2) is 21.9 Å². The summed E-state index contributed by atoms with van der Waals surface area (Å²) < 4.78 is 11.0. The summed E-state index contributed by atoms with van der Waals surface area (Å²) in [6.45, 7) is 5.14. The SMILES string of the molecule is Cc1nnc([C@H]2COCCN2C(=O)[C@@H](C)c2cccs2)o1. The maximum atomic E-state index is 12.8. The third kappa shape index (κ3) is 2.84. The number of nitrogens with zero attached hydrogens (tertiary/aromatic N) is 3. The molecule has 21 heavy (non-hydrogen) atoms. The fraction of sp³-hybridized carbons (Fsp3) is 0.500. The van der Waals surface area contributed by atoms with Gasteiger partial charge in [0.1, 0.15) is 6.04 Å². The normalized spacial score (nSPS) is 20.5. The van der Waals surface area contributed by atoms with Crippen molar-refractivity contribution in [3.05, 3.63) is 34.2 Å². The summed E-state index contributed by atoms with van der Waals surface area (Å²) in [4.78, 5) is 15.6. The van der Waals surface area contributed by atoms with Gasteiger partial charge < -0.3 is 14.1 Å². The summed E-state index contributed by atoms with van der Waals surface area (Å²) >= 11 is 1.59. The largest absolute Gasteiger partial charge is 0.423 e. The molecule has 2 aromatic heterocycles. The lowest BCUT2D eigenvalue weighted by atomic mass is 10.1. The second-order valence-corrected chi connectivity index (χ2v) is 6.00. The number of hydrogen-bond donors (Lipinski definition) is 0. The third-order valence-corrected chi connectivity index (χ3v) is 4.63. The number of rotatable bonds is 3. The Bertz CT molecular complexity index is 611. The molecule has 3 rings (SSSR count). The van der Waals surface area contributed by atoms with Gasteiger partial charge in [-0.15, -0.1) is 21.5 Å². The molecule has 2 atom stereocenters. The molecule has 0 bridgehead atoms. The maximum absolute atomic E-state index is 12.8. The van der Waals surface area contributed by atoms with E-state index in [2.05, 4.69) is 10.2 Å². The molecule has 0 aliphatic carbocycles. The Hall–Kier alpha value is -1.73. The van der Waals surface area contributed by atoms with Gasteiger partial charge in [-0.2, -0.15) is 0 Å². The second kappa shape index (κ2) is 5.95. The van der Waals surface area contributed by atoms with E-state index in [0.717, 1.165) is 4.88 Å². The molecule has 6 nitrogen and oxygen atoms in total. The topological polar surface area (TPSA) is 68.5 Å². The zero-order valence-corrected chi connectivity index (χ0v) is 12.8. The number of carbonyl (C=O) groups excluding carboxylic acids is 1. The number of amides is 1. The monoisotopic (exact) mass is 307 g/mol. The van der Waals surface area contributed by atoms with E-state index in [0.29, 0.717) is 31.5 Å². The van der Waals surface area contributed by atoms with Crippen LogP contribution in [0.3, 0.4) is 0 Å². The van der Waals surface area contributed by atoms with Crippen LogP contribution < -0.4 is 0 Å². The van der Waals surface area contributed by atoms with Crippen LogP contribution in [-0.4, -0.2) is 40.8 Å². The van der Waals surface area contributed by atoms with Gasteiger partial charge in [-0.25, -0.2) is 0 Å². The molecule has 0 unspecified atom stereocenters. The third-order valence-electron chi connectivity index (χ3n) is 3.58. The molecule has 1 fully saturated rings. The first-order valence-electron chi connectivity index (χ1n) is 6.88. The minimum Gasteiger partial charge on any atom is -0.423 e. The molecule has 1 saturated heterocycles. The first kappa shape index (κ1) is 14.2. The van der Waals surface area contributed by atoms with E-state index in [-0.39, 0.29) is 17.9 Å². The smallest absolute Gasteiger partial charge is 0.241 e. The highest BCUT2D eigenvalue weighted by Gasteiger charge is 2.35. The van der Waals surface area contributed by atoms with Crippen LogP contribution in [0.2, 0.25) is 0 Å². The number of aryl methyl sites for hydroxylation is 1. The summed E-state index contributed by atoms with van der Waals surface area (Å²) in [5, 5.41) is 9.86. The van der Waals surface area contributed by atoms with Crippen molar-refractivity contribution < 1.29 is 13.9 Å². The lowest BCUT2D eigenvalue weighted by Gasteiger charge is -2.35. The Morgan fingerprint density at radius 1 is 1.52 bits per heavy atom. The number of morpholine rings is 1. The molecule has 1 amide bonds. The number of thiophene rings is 1. The number of hydrogen-bond acceptors (Lipinski definition) is 6. The van der Waals surface area contributed by atoms with E-state index in [1.54, 1.807) is 23.2 Å². The van der Waals surface area contributed by atoms with E-state index in [4.69, 9.17) is 9.15 Å². The summed E-state index contributed by atoms with van der Waals surface area (Å²) in [6.07, 6.45) is 0. The number of ether oxygens (including phenoxy) is 1. The summed E-state index contributed by atoms with van der Waals surface area (Å²) in [5.41, 5.74) is 0. The second-order valence-electron chi connectivity index (χ2n) is 5.02. The maximum Gasteiger partial charge on any atom is 0.241 e. The fourth-order valence-electron chi connectivity index (χ4n) is 2.43. The molecule has 112 valence electrons. The predicted octanol–water partition coefficient (Wildman–Crippen LogP) is 2.14. The number of carbonyl (C=O) groups is 1. The van der Waals surface area contributed by atoms with Crippen LogP contribution in [0.25, 0.3) is 0 Å². The molecular formula is C14H17N3O3S. The minimum absolute atomic E-state index is 0.0709. The minimum atomic E-state index is -0.296. The molecule has 7 heteroatoms. The summed E-state index contributed by atoms with van der Waals surface area (Å²) in [7, 11) is 0. The first-order valence-corrected chi connectivity index (χ1v) is 7.76. The van der Waals surface area contributed by atoms with Crippen LogP contribution in [0.1, 0.15) is 35.5 Å². The molecule has 0 N–H and O–H groups in total. The van der Waals surface area contributed by atoms with E-state index in [1.165, 1.54) is 0 Å². The zero-order chi connectivity index (χ0) is 14.8. The van der Waals surface area contributed by atoms with Gasteiger partial charge in [0.05, 0.1) is 19.1 Å². The molecule has 0 radical (unpaired) electrons. The average Bonchev–Trinajstić information content (AvgIpc) is 3.17. The first-order chi connectivity index (χ1) is 10.2. The Labute approximate surface area is 126 Å². The Balaban J connectivity index is 1.82. The van der Waals surface area contributed by atoms with Crippen molar-refractivity contribution in [3.8, 4) is 0 Å². The standard InChI is InChI=1S/C14H17N3O3S/c1-9(12-4-3-7-21-12)14(18)17-5-6-19-8-11(17)13-16-15-10(2)20-13/h3-4,7,9,11H,5-6,8H2,1-2H3/t9-,11+/m0/s1. The van der Waals surface area contributed by atoms with Gasteiger partial charge in [0, 0.05) is 18.3 Å². The van der Waals surface area contributed by atoms with Crippen molar-refractivity contribution in [2.24, 2.45) is 0 Å². The van der Waals surface area contributed by atoms with Crippen molar-refractivity contribution in [1.82, 2.24) is 15.1 Å². The highest BCUT2D eigenvalue weighted by atomic mass is 32.1. The average molecular weight is 307 g/mol. The molecular weight excluding hydrogens is 290 g/mol. The van der Waals surface area contributed by atoms with Crippen molar-refractivity contribution >= 4 is 17.2 Å². The van der Waals surface area contributed by atoms with Crippen LogP contribution in [-0.2, 0) is 9.53 Å². The molecule has 0 spiro atoms. The molecule has 2 aromatic rings.